The first-order valence-electron chi connectivity index (χ1n) is 12.5. The van der Waals surface area contributed by atoms with Crippen molar-refractivity contribution in [1.29, 1.82) is 0 Å². The number of benzene rings is 2. The second-order valence-corrected chi connectivity index (χ2v) is 11.5. The maximum Gasteiger partial charge on any atom is 0.247 e. The summed E-state index contributed by atoms with van der Waals surface area (Å²) in [4.78, 5) is 39.4. The van der Waals surface area contributed by atoms with E-state index in [0.717, 1.165) is 0 Å². The third-order valence-corrected chi connectivity index (χ3v) is 7.91. The zero-order valence-corrected chi connectivity index (χ0v) is 25.9. The summed E-state index contributed by atoms with van der Waals surface area (Å²) in [5.74, 6) is -0.564. The smallest absolute Gasteiger partial charge is 0.247 e. The van der Waals surface area contributed by atoms with Crippen LogP contribution in [0.5, 0.6) is 11.5 Å². The molecule has 2 aromatic rings. The largest absolute Gasteiger partial charge is 0.493 e. The average molecular weight is 705 g/mol. The first-order valence-corrected chi connectivity index (χ1v) is 14.4. The zero-order valence-electron chi connectivity index (χ0n) is 22.2. The van der Waals surface area contributed by atoms with Gasteiger partial charge in [-0.25, -0.2) is 0 Å². The van der Waals surface area contributed by atoms with E-state index in [-0.39, 0.29) is 49.1 Å². The third kappa shape index (κ3) is 7.67. The fourth-order valence-electron chi connectivity index (χ4n) is 4.36. The van der Waals surface area contributed by atoms with Crippen LogP contribution in [0, 0.1) is 9.49 Å². The first-order chi connectivity index (χ1) is 19.0. The Hall–Kier alpha value is -2.38. The van der Waals surface area contributed by atoms with Gasteiger partial charge in [0.1, 0.15) is 18.5 Å². The van der Waals surface area contributed by atoms with Crippen molar-refractivity contribution in [2.45, 2.75) is 45.1 Å². The number of aldehydes is 1. The van der Waals surface area contributed by atoms with Gasteiger partial charge >= 0.3 is 0 Å². The Morgan fingerprint density at radius 1 is 1.23 bits per heavy atom. The van der Waals surface area contributed by atoms with E-state index < -0.39 is 30.1 Å². The summed E-state index contributed by atoms with van der Waals surface area (Å²) < 4.78 is 12.2. The van der Waals surface area contributed by atoms with Crippen molar-refractivity contribution in [2.24, 2.45) is 5.92 Å². The molecule has 3 unspecified atom stereocenters. The molecule has 1 aliphatic rings. The number of aliphatic hydroxyl groups excluding tert-OH is 2. The lowest BCUT2D eigenvalue weighted by Gasteiger charge is -2.41. The molecule has 40 heavy (non-hydrogen) atoms. The van der Waals surface area contributed by atoms with E-state index in [4.69, 9.17) is 32.7 Å². The fourth-order valence-corrected chi connectivity index (χ4v) is 5.44. The molecular formula is C28H31Cl2IN2O7. The normalized spacial score (nSPS) is 18.6. The summed E-state index contributed by atoms with van der Waals surface area (Å²) in [6.45, 7) is 3.38. The number of halogens is 3. The zero-order chi connectivity index (χ0) is 29.6. The van der Waals surface area contributed by atoms with Crippen LogP contribution in [-0.4, -0.2) is 71.7 Å². The van der Waals surface area contributed by atoms with E-state index in [0.29, 0.717) is 31.0 Å². The molecule has 216 valence electrons. The maximum atomic E-state index is 13.5. The lowest BCUT2D eigenvalue weighted by molar-refractivity contribution is -0.142. The molecule has 9 nitrogen and oxygen atoms in total. The topological polar surface area (TPSA) is 125 Å². The van der Waals surface area contributed by atoms with E-state index in [1.807, 2.05) is 22.6 Å². The highest BCUT2D eigenvalue weighted by atomic mass is 127. The van der Waals surface area contributed by atoms with Crippen molar-refractivity contribution in [3.8, 4) is 11.5 Å². The van der Waals surface area contributed by atoms with Crippen LogP contribution < -0.4 is 14.8 Å². The van der Waals surface area contributed by atoms with Gasteiger partial charge in [-0.15, -0.1) is 0 Å². The lowest BCUT2D eigenvalue weighted by atomic mass is 9.87. The summed E-state index contributed by atoms with van der Waals surface area (Å²) >= 11 is 14.3. The second-order valence-electron chi connectivity index (χ2n) is 9.54. The van der Waals surface area contributed by atoms with Gasteiger partial charge in [-0.2, -0.15) is 0 Å². The SMILES string of the molecule is COc1cc(C=O)cc(I)c1OC1C=C(C(=O)NCCO)CC(N(Cc2ccc(Cl)c(Cl)c2)C(=O)C(C)C)C1O. The van der Waals surface area contributed by atoms with E-state index >= 15 is 0 Å². The summed E-state index contributed by atoms with van der Waals surface area (Å²) in [6, 6.07) is 7.28. The Kier molecular flexibility index (Phi) is 11.6. The summed E-state index contributed by atoms with van der Waals surface area (Å²) in [5, 5.41) is 24.1. The summed E-state index contributed by atoms with van der Waals surface area (Å²) in [7, 11) is 1.43. The number of hydrogen-bond acceptors (Lipinski definition) is 7. The van der Waals surface area contributed by atoms with Gasteiger partial charge in [-0.3, -0.25) is 14.4 Å². The monoisotopic (exact) mass is 704 g/mol. The standard InChI is InChI=1S/C28H31Cl2IN2O7/c1-15(2)28(38)33(13-16-4-5-19(29)20(30)8-16)22-11-18(27(37)32-6-7-34)12-23(25(22)36)40-26-21(31)9-17(14-35)10-24(26)39-3/h4-5,8-10,12,14-15,22-23,25,34,36H,6-7,11,13H2,1-3H3,(H,32,37). The second kappa shape index (κ2) is 14.5. The maximum absolute atomic E-state index is 13.5. The van der Waals surface area contributed by atoms with Gasteiger partial charge in [0.25, 0.3) is 0 Å². The van der Waals surface area contributed by atoms with E-state index in [9.17, 15) is 24.6 Å². The Labute approximate surface area is 256 Å². The number of rotatable bonds is 11. The number of carbonyl (C=O) groups is 3. The van der Waals surface area contributed by atoms with Crippen molar-refractivity contribution >= 4 is 63.9 Å². The van der Waals surface area contributed by atoms with Crippen LogP contribution in [-0.2, 0) is 16.1 Å². The van der Waals surface area contributed by atoms with Crippen LogP contribution >= 0.6 is 45.8 Å². The van der Waals surface area contributed by atoms with Gasteiger partial charge in [-0.1, -0.05) is 43.1 Å². The van der Waals surface area contributed by atoms with Gasteiger partial charge in [0.15, 0.2) is 11.5 Å². The number of carbonyl (C=O) groups excluding carboxylic acids is 3. The number of methoxy groups -OCH3 is 1. The number of nitrogens with zero attached hydrogens (tertiary/aromatic N) is 1. The molecule has 3 rings (SSSR count). The molecule has 12 heteroatoms. The average Bonchev–Trinajstić information content (AvgIpc) is 2.93. The number of nitrogens with one attached hydrogen (secondary N) is 1. The molecule has 2 aromatic carbocycles. The van der Waals surface area contributed by atoms with Crippen LogP contribution in [0.15, 0.2) is 42.0 Å². The van der Waals surface area contributed by atoms with Crippen LogP contribution in [0.25, 0.3) is 0 Å². The number of amides is 2. The van der Waals surface area contributed by atoms with E-state index in [2.05, 4.69) is 5.32 Å². The minimum Gasteiger partial charge on any atom is -0.493 e. The van der Waals surface area contributed by atoms with Crippen LogP contribution in [0.3, 0.4) is 0 Å². The molecule has 0 saturated heterocycles. The van der Waals surface area contributed by atoms with Crippen molar-refractivity contribution < 1.29 is 34.1 Å². The van der Waals surface area contributed by atoms with Crippen LogP contribution in [0.2, 0.25) is 10.0 Å². The van der Waals surface area contributed by atoms with Crippen molar-refractivity contribution in [3.05, 3.63) is 66.7 Å². The molecule has 0 bridgehead atoms. The van der Waals surface area contributed by atoms with Gasteiger partial charge in [0.2, 0.25) is 11.8 Å². The molecule has 0 heterocycles. The van der Waals surface area contributed by atoms with Crippen molar-refractivity contribution in [3.63, 3.8) is 0 Å². The lowest BCUT2D eigenvalue weighted by Crippen LogP contribution is -2.55. The van der Waals surface area contributed by atoms with Gasteiger partial charge in [0.05, 0.1) is 33.4 Å². The van der Waals surface area contributed by atoms with Gasteiger partial charge in [-0.05, 0) is 58.5 Å². The highest BCUT2D eigenvalue weighted by Crippen LogP contribution is 2.37. The molecule has 3 N–H and O–H groups in total. The molecule has 0 aliphatic heterocycles. The number of ether oxygens (including phenoxy) is 2. The van der Waals surface area contributed by atoms with Crippen LogP contribution in [0.1, 0.15) is 36.2 Å². The Balaban J connectivity index is 2.06. The van der Waals surface area contributed by atoms with E-state index in [1.165, 1.54) is 24.2 Å². The molecule has 1 aliphatic carbocycles. The molecule has 0 radical (unpaired) electrons. The Bertz CT molecular complexity index is 1290. The van der Waals surface area contributed by atoms with Crippen LogP contribution in [0.4, 0.5) is 0 Å². The number of aliphatic hydroxyl groups is 2. The molecule has 0 saturated carbocycles. The predicted molar refractivity (Wildman–Crippen MR) is 160 cm³/mol. The quantitative estimate of drug-likeness (QED) is 0.239. The highest BCUT2D eigenvalue weighted by Gasteiger charge is 2.41. The van der Waals surface area contributed by atoms with Gasteiger partial charge < -0.3 is 29.9 Å². The Morgan fingerprint density at radius 2 is 1.95 bits per heavy atom. The van der Waals surface area contributed by atoms with Crippen molar-refractivity contribution in [1.82, 2.24) is 10.2 Å². The minimum absolute atomic E-state index is 0.0334. The first kappa shape index (κ1) is 32.1. The molecule has 3 atom stereocenters. The Morgan fingerprint density at radius 3 is 2.55 bits per heavy atom. The summed E-state index contributed by atoms with van der Waals surface area (Å²) in [6.07, 6.45) is -0.0764. The molecule has 0 spiro atoms. The summed E-state index contributed by atoms with van der Waals surface area (Å²) in [5.41, 5.74) is 1.35. The molecule has 0 aromatic heterocycles. The highest BCUT2D eigenvalue weighted by molar-refractivity contribution is 14.1. The van der Waals surface area contributed by atoms with E-state index in [1.54, 1.807) is 38.1 Å². The predicted octanol–water partition coefficient (Wildman–Crippen LogP) is 4.02. The molecule has 0 fully saturated rings. The molecular weight excluding hydrogens is 674 g/mol. The minimum atomic E-state index is -1.24. The van der Waals surface area contributed by atoms with Gasteiger partial charge in [0, 0.05) is 36.6 Å². The number of hydrogen-bond donors (Lipinski definition) is 3. The third-order valence-electron chi connectivity index (χ3n) is 6.37. The fraction of sp³-hybridized carbons (Fsp3) is 0.393. The molecule has 2 amide bonds. The van der Waals surface area contributed by atoms with Crippen molar-refractivity contribution in [2.75, 3.05) is 20.3 Å².